The standard InChI is InChI=1S/C21H29ClNO2.ClH/c1-15-10-16(2)21(17(3)11-15)25-14-20(24)13-23(4,5)12-18-6-8-19(22)9-7-18;/h6-11,20,24H,12-14H2,1-5H3;1H/q+1;/p-1. The summed E-state index contributed by atoms with van der Waals surface area (Å²) in [6, 6.07) is 12.1. The number of aryl methyl sites for hydroxylation is 3. The Balaban J connectivity index is 0.00000338. The molecule has 0 aliphatic carbocycles. The van der Waals surface area contributed by atoms with Gasteiger partial charge in [0.2, 0.25) is 0 Å². The summed E-state index contributed by atoms with van der Waals surface area (Å²) in [5.74, 6) is 0.882. The Labute approximate surface area is 168 Å². The van der Waals surface area contributed by atoms with Crippen molar-refractivity contribution in [2.45, 2.75) is 33.4 Å². The Morgan fingerprint density at radius 1 is 1.04 bits per heavy atom. The molecular formula is C21H29Cl2NO2. The zero-order valence-corrected chi connectivity index (χ0v) is 17.7. The van der Waals surface area contributed by atoms with E-state index in [4.69, 9.17) is 16.3 Å². The zero-order chi connectivity index (χ0) is 18.6. The van der Waals surface area contributed by atoms with Crippen LogP contribution in [0.2, 0.25) is 5.02 Å². The Hall–Kier alpha value is -1.26. The van der Waals surface area contributed by atoms with Crippen LogP contribution in [0.25, 0.3) is 0 Å². The van der Waals surface area contributed by atoms with Crippen molar-refractivity contribution in [3.05, 3.63) is 63.7 Å². The van der Waals surface area contributed by atoms with Crippen LogP contribution in [0.15, 0.2) is 36.4 Å². The van der Waals surface area contributed by atoms with Gasteiger partial charge in [-0.1, -0.05) is 41.4 Å². The molecule has 26 heavy (non-hydrogen) atoms. The van der Waals surface area contributed by atoms with Gasteiger partial charge in [0.15, 0.2) is 0 Å². The minimum Gasteiger partial charge on any atom is -1.00 e. The molecule has 1 N–H and O–H groups in total. The number of ether oxygens (including phenoxy) is 1. The third-order valence-corrected chi connectivity index (χ3v) is 4.51. The van der Waals surface area contributed by atoms with Crippen molar-refractivity contribution in [1.82, 2.24) is 0 Å². The highest BCUT2D eigenvalue weighted by Gasteiger charge is 2.22. The van der Waals surface area contributed by atoms with Gasteiger partial charge in [-0.25, -0.2) is 0 Å². The summed E-state index contributed by atoms with van der Waals surface area (Å²) < 4.78 is 6.60. The number of halogens is 2. The monoisotopic (exact) mass is 397 g/mol. The maximum absolute atomic E-state index is 10.4. The molecule has 1 unspecified atom stereocenters. The molecule has 2 aromatic rings. The molecule has 144 valence electrons. The molecule has 0 spiro atoms. The van der Waals surface area contributed by atoms with Crippen LogP contribution in [0, 0.1) is 20.8 Å². The van der Waals surface area contributed by atoms with E-state index in [-0.39, 0.29) is 12.4 Å². The van der Waals surface area contributed by atoms with E-state index in [0.29, 0.717) is 17.6 Å². The first-order valence-corrected chi connectivity index (χ1v) is 8.99. The second kappa shape index (κ2) is 9.61. The number of quaternary nitrogens is 1. The van der Waals surface area contributed by atoms with E-state index in [1.54, 1.807) is 0 Å². The second-order valence-corrected chi connectivity index (χ2v) is 8.03. The van der Waals surface area contributed by atoms with E-state index in [1.165, 1.54) is 11.1 Å². The predicted molar refractivity (Wildman–Crippen MR) is 104 cm³/mol. The van der Waals surface area contributed by atoms with E-state index >= 15 is 0 Å². The number of aliphatic hydroxyl groups excluding tert-OH is 1. The van der Waals surface area contributed by atoms with Gasteiger partial charge in [-0.2, -0.15) is 0 Å². The Bertz CT molecular complexity index is 691. The molecule has 0 amide bonds. The SMILES string of the molecule is Cc1cc(C)c(OCC(O)C[N+](C)(C)Cc2ccc(Cl)cc2)c(C)c1.[Cl-]. The lowest BCUT2D eigenvalue weighted by Crippen LogP contribution is -3.00. The molecule has 0 fully saturated rings. The highest BCUT2D eigenvalue weighted by atomic mass is 35.5. The minimum atomic E-state index is -0.526. The number of aliphatic hydroxyl groups is 1. The van der Waals surface area contributed by atoms with Gasteiger partial charge < -0.3 is 26.7 Å². The molecule has 2 aromatic carbocycles. The van der Waals surface area contributed by atoms with Gasteiger partial charge in [0.25, 0.3) is 0 Å². The van der Waals surface area contributed by atoms with E-state index in [2.05, 4.69) is 33.2 Å². The fourth-order valence-electron chi connectivity index (χ4n) is 3.35. The lowest BCUT2D eigenvalue weighted by Gasteiger charge is -2.32. The van der Waals surface area contributed by atoms with Gasteiger partial charge >= 0.3 is 0 Å². The van der Waals surface area contributed by atoms with Gasteiger partial charge in [0.05, 0.1) is 14.1 Å². The van der Waals surface area contributed by atoms with Gasteiger partial charge in [0, 0.05) is 10.6 Å². The first kappa shape index (κ1) is 22.8. The normalized spacial score (nSPS) is 12.4. The van der Waals surface area contributed by atoms with Crippen LogP contribution in [0.1, 0.15) is 22.3 Å². The van der Waals surface area contributed by atoms with Crippen molar-refractivity contribution >= 4 is 11.6 Å². The van der Waals surface area contributed by atoms with Gasteiger partial charge in [-0.15, -0.1) is 0 Å². The molecular weight excluding hydrogens is 369 g/mol. The summed E-state index contributed by atoms with van der Waals surface area (Å²) in [7, 11) is 4.22. The fourth-order valence-corrected chi connectivity index (χ4v) is 3.47. The topological polar surface area (TPSA) is 29.5 Å². The Morgan fingerprint density at radius 2 is 1.58 bits per heavy atom. The zero-order valence-electron chi connectivity index (χ0n) is 16.2. The van der Waals surface area contributed by atoms with Crippen LogP contribution >= 0.6 is 11.6 Å². The van der Waals surface area contributed by atoms with Crippen LogP contribution in [-0.4, -0.2) is 42.9 Å². The summed E-state index contributed by atoms with van der Waals surface area (Å²) in [6.07, 6.45) is -0.526. The molecule has 5 heteroatoms. The van der Waals surface area contributed by atoms with Crippen LogP contribution in [0.3, 0.4) is 0 Å². The number of hydrogen-bond donors (Lipinski definition) is 1. The van der Waals surface area contributed by atoms with Crippen LogP contribution in [0.5, 0.6) is 5.75 Å². The summed E-state index contributed by atoms with van der Waals surface area (Å²) in [4.78, 5) is 0. The lowest BCUT2D eigenvalue weighted by atomic mass is 10.1. The highest BCUT2D eigenvalue weighted by molar-refractivity contribution is 6.30. The Morgan fingerprint density at radius 3 is 2.12 bits per heavy atom. The fraction of sp³-hybridized carbons (Fsp3) is 0.429. The van der Waals surface area contributed by atoms with Crippen LogP contribution in [-0.2, 0) is 6.54 Å². The minimum absolute atomic E-state index is 0. The van der Waals surface area contributed by atoms with E-state index < -0.39 is 6.10 Å². The molecule has 2 rings (SSSR count). The lowest BCUT2D eigenvalue weighted by molar-refractivity contribution is -0.906. The van der Waals surface area contributed by atoms with Crippen molar-refractivity contribution in [3.63, 3.8) is 0 Å². The molecule has 0 radical (unpaired) electrons. The van der Waals surface area contributed by atoms with E-state index in [9.17, 15) is 5.11 Å². The maximum atomic E-state index is 10.4. The Kier molecular flexibility index (Phi) is 8.42. The molecule has 0 aliphatic rings. The van der Waals surface area contributed by atoms with Gasteiger partial charge in [-0.05, 0) is 44.0 Å². The van der Waals surface area contributed by atoms with Crippen molar-refractivity contribution in [2.24, 2.45) is 0 Å². The number of nitrogens with zero attached hydrogens (tertiary/aromatic N) is 1. The smallest absolute Gasteiger partial charge is 0.137 e. The summed E-state index contributed by atoms with van der Waals surface area (Å²) in [5.41, 5.74) is 4.65. The largest absolute Gasteiger partial charge is 1.00 e. The summed E-state index contributed by atoms with van der Waals surface area (Å²) in [5, 5.41) is 11.2. The maximum Gasteiger partial charge on any atom is 0.137 e. The van der Waals surface area contributed by atoms with E-state index in [0.717, 1.165) is 28.4 Å². The highest BCUT2D eigenvalue weighted by Crippen LogP contribution is 2.24. The number of hydrogen-bond acceptors (Lipinski definition) is 2. The van der Waals surface area contributed by atoms with E-state index in [1.807, 2.05) is 38.1 Å². The third-order valence-electron chi connectivity index (χ3n) is 4.25. The molecule has 0 heterocycles. The third kappa shape index (κ3) is 6.81. The molecule has 0 aromatic heterocycles. The van der Waals surface area contributed by atoms with Crippen molar-refractivity contribution in [1.29, 1.82) is 0 Å². The molecule has 0 bridgehead atoms. The summed E-state index contributed by atoms with van der Waals surface area (Å²) >= 11 is 5.94. The van der Waals surface area contributed by atoms with Crippen LogP contribution < -0.4 is 17.1 Å². The van der Waals surface area contributed by atoms with Gasteiger partial charge in [0.1, 0.15) is 31.5 Å². The average molecular weight is 398 g/mol. The first-order valence-electron chi connectivity index (χ1n) is 8.61. The first-order chi connectivity index (χ1) is 11.7. The van der Waals surface area contributed by atoms with Gasteiger partial charge in [-0.3, -0.25) is 0 Å². The molecule has 1 atom stereocenters. The quantitative estimate of drug-likeness (QED) is 0.713. The molecule has 0 aliphatic heterocycles. The number of likely N-dealkylation sites (N-methyl/N-ethyl adjacent to an activating group) is 1. The van der Waals surface area contributed by atoms with Crippen molar-refractivity contribution in [3.8, 4) is 5.75 Å². The van der Waals surface area contributed by atoms with Crippen molar-refractivity contribution < 1.29 is 26.7 Å². The number of benzene rings is 2. The van der Waals surface area contributed by atoms with Crippen molar-refractivity contribution in [2.75, 3.05) is 27.2 Å². The molecule has 0 saturated carbocycles. The molecule has 3 nitrogen and oxygen atoms in total. The second-order valence-electron chi connectivity index (χ2n) is 7.60. The summed E-state index contributed by atoms with van der Waals surface area (Å²) in [6.45, 7) is 7.91. The number of rotatable bonds is 7. The average Bonchev–Trinajstić information content (AvgIpc) is 2.47. The van der Waals surface area contributed by atoms with Crippen LogP contribution in [0.4, 0.5) is 0 Å². The molecule has 0 saturated heterocycles. The predicted octanol–water partition coefficient (Wildman–Crippen LogP) is 1.29.